The third-order valence-electron chi connectivity index (χ3n) is 8.13. The Morgan fingerprint density at radius 3 is 2.60 bits per heavy atom. The molecule has 2 atom stereocenters. The van der Waals surface area contributed by atoms with Crippen LogP contribution in [-0.2, 0) is 28.2 Å². The first-order valence-corrected chi connectivity index (χ1v) is 16.1. The second-order valence-corrected chi connectivity index (χ2v) is 12.7. The Hall–Kier alpha value is -4.03. The second kappa shape index (κ2) is 15.2. The molecule has 2 aliphatic rings. The molecule has 2 unspecified atom stereocenters. The number of carbonyl (C=O) groups is 2. The number of hydrogen-bond acceptors (Lipinski definition) is 8. The fourth-order valence-corrected chi connectivity index (χ4v) is 6.45. The standard InChI is InChI=1S/C34H38Cl2FN7O3/c1-22(45)40-18-17-38-19-24-14-16-41-31(30(24)37)44-33(15-6-9-27(34(33,35)36)23-7-4-3-5-8-23)28-12-10-25(32(43-28)47-2)20-39-21-26-11-13-29(46)42-26/h3-10,12,14-16,26,38-39H,11,13,17-21H2,1-2H3,(H,40,45)(H,41,44)(H,42,46). The molecule has 3 heterocycles. The fourth-order valence-electron chi connectivity index (χ4n) is 5.69. The molecule has 5 rings (SSSR count). The van der Waals surface area contributed by atoms with Crippen molar-refractivity contribution in [1.82, 2.24) is 31.2 Å². The van der Waals surface area contributed by atoms with Gasteiger partial charge in [0.05, 0.1) is 12.8 Å². The Bertz CT molecular complexity index is 1650. The minimum atomic E-state index is -1.71. The van der Waals surface area contributed by atoms with Crippen LogP contribution >= 0.6 is 23.2 Å². The predicted octanol–water partition coefficient (Wildman–Crippen LogP) is 4.35. The van der Waals surface area contributed by atoms with Crippen molar-refractivity contribution in [2.45, 2.75) is 48.8 Å². The number of ether oxygens (including phenoxy) is 1. The summed E-state index contributed by atoms with van der Waals surface area (Å²) in [4.78, 5) is 32.0. The van der Waals surface area contributed by atoms with Crippen LogP contribution in [0.4, 0.5) is 10.2 Å². The van der Waals surface area contributed by atoms with Crippen molar-refractivity contribution in [3.8, 4) is 5.88 Å². The molecule has 47 heavy (non-hydrogen) atoms. The molecule has 1 aliphatic heterocycles. The van der Waals surface area contributed by atoms with Gasteiger partial charge in [-0.25, -0.2) is 14.4 Å². The molecule has 13 heteroatoms. The van der Waals surface area contributed by atoms with Gasteiger partial charge in [-0.05, 0) is 35.8 Å². The van der Waals surface area contributed by atoms with E-state index in [4.69, 9.17) is 32.9 Å². The van der Waals surface area contributed by atoms with E-state index in [1.165, 1.54) is 20.2 Å². The highest BCUT2D eigenvalue weighted by atomic mass is 35.5. The summed E-state index contributed by atoms with van der Waals surface area (Å²) < 4.78 is 20.1. The van der Waals surface area contributed by atoms with Gasteiger partial charge in [0.1, 0.15) is 5.54 Å². The number of carbonyl (C=O) groups excluding carboxylic acids is 2. The zero-order chi connectivity index (χ0) is 33.4. The van der Waals surface area contributed by atoms with Crippen molar-refractivity contribution in [3.63, 3.8) is 0 Å². The molecule has 0 spiro atoms. The topological polar surface area (TPSA) is 129 Å². The van der Waals surface area contributed by atoms with E-state index in [9.17, 15) is 9.59 Å². The number of anilines is 1. The number of allylic oxidation sites excluding steroid dienone is 2. The summed E-state index contributed by atoms with van der Waals surface area (Å²) in [5, 5.41) is 15.4. The number of rotatable bonds is 14. The number of alkyl halides is 2. The molecule has 2 aromatic heterocycles. The van der Waals surface area contributed by atoms with Crippen LogP contribution < -0.4 is 31.3 Å². The third-order valence-corrected chi connectivity index (χ3v) is 9.13. The molecule has 0 bridgehead atoms. The summed E-state index contributed by atoms with van der Waals surface area (Å²) in [6, 6.07) is 14.8. The van der Waals surface area contributed by atoms with E-state index in [-0.39, 0.29) is 30.2 Å². The molecule has 5 N–H and O–H groups in total. The van der Waals surface area contributed by atoms with Crippen LogP contribution in [-0.4, -0.2) is 58.9 Å². The maximum atomic E-state index is 16.1. The van der Waals surface area contributed by atoms with E-state index in [1.807, 2.05) is 48.6 Å². The highest BCUT2D eigenvalue weighted by Gasteiger charge is 2.55. The third kappa shape index (κ3) is 7.76. The van der Waals surface area contributed by atoms with Gasteiger partial charge in [-0.3, -0.25) is 9.59 Å². The lowest BCUT2D eigenvalue weighted by Gasteiger charge is -2.44. The molecule has 1 saturated heterocycles. The van der Waals surface area contributed by atoms with Crippen LogP contribution in [0.15, 0.2) is 73.0 Å². The van der Waals surface area contributed by atoms with Crippen LogP contribution in [0.3, 0.4) is 0 Å². The number of halogens is 3. The quantitative estimate of drug-likeness (QED) is 0.126. The second-order valence-electron chi connectivity index (χ2n) is 11.4. The van der Waals surface area contributed by atoms with Crippen LogP contribution in [0.5, 0.6) is 5.88 Å². The van der Waals surface area contributed by atoms with Gasteiger partial charge in [-0.15, -0.1) is 0 Å². The van der Waals surface area contributed by atoms with Gasteiger partial charge >= 0.3 is 0 Å². The maximum Gasteiger partial charge on any atom is 0.220 e. The Morgan fingerprint density at radius 2 is 1.87 bits per heavy atom. The Labute approximate surface area is 283 Å². The molecule has 1 fully saturated rings. The number of aromatic nitrogens is 2. The van der Waals surface area contributed by atoms with Crippen LogP contribution in [0.2, 0.25) is 0 Å². The first-order valence-electron chi connectivity index (χ1n) is 15.4. The molecule has 1 aromatic carbocycles. The number of methoxy groups -OCH3 is 1. The number of benzene rings is 1. The average Bonchev–Trinajstić information content (AvgIpc) is 3.48. The summed E-state index contributed by atoms with van der Waals surface area (Å²) >= 11 is 14.8. The highest BCUT2D eigenvalue weighted by molar-refractivity contribution is 6.55. The van der Waals surface area contributed by atoms with Crippen molar-refractivity contribution in [2.75, 3.05) is 32.1 Å². The lowest BCUT2D eigenvalue weighted by atomic mass is 9.79. The van der Waals surface area contributed by atoms with Crippen LogP contribution in [0.25, 0.3) is 5.57 Å². The van der Waals surface area contributed by atoms with Crippen molar-refractivity contribution >= 4 is 46.4 Å². The Morgan fingerprint density at radius 1 is 1.09 bits per heavy atom. The van der Waals surface area contributed by atoms with E-state index in [0.29, 0.717) is 55.3 Å². The smallest absolute Gasteiger partial charge is 0.220 e. The lowest BCUT2D eigenvalue weighted by molar-refractivity contribution is -0.120. The monoisotopic (exact) mass is 681 g/mol. The average molecular weight is 683 g/mol. The van der Waals surface area contributed by atoms with Crippen molar-refractivity contribution < 1.29 is 18.7 Å². The highest BCUT2D eigenvalue weighted by Crippen LogP contribution is 2.54. The largest absolute Gasteiger partial charge is 0.481 e. The molecule has 2 amide bonds. The number of pyridine rings is 2. The van der Waals surface area contributed by atoms with E-state index in [1.54, 1.807) is 18.2 Å². The van der Waals surface area contributed by atoms with Gasteiger partial charge in [-0.2, -0.15) is 0 Å². The molecule has 3 aromatic rings. The molecule has 0 saturated carbocycles. The zero-order valence-electron chi connectivity index (χ0n) is 26.2. The summed E-state index contributed by atoms with van der Waals surface area (Å²) in [5.74, 6) is -0.393. The van der Waals surface area contributed by atoms with Crippen molar-refractivity contribution in [1.29, 1.82) is 0 Å². The zero-order valence-corrected chi connectivity index (χ0v) is 27.7. The Balaban J connectivity index is 1.48. The Kier molecular flexibility index (Phi) is 11.1. The molecule has 1 aliphatic carbocycles. The van der Waals surface area contributed by atoms with Crippen LogP contribution in [0, 0.1) is 5.82 Å². The van der Waals surface area contributed by atoms with Gasteiger partial charge < -0.3 is 31.3 Å². The summed E-state index contributed by atoms with van der Waals surface area (Å²) in [6.07, 6.45) is 8.20. The minimum Gasteiger partial charge on any atom is -0.481 e. The maximum absolute atomic E-state index is 16.1. The molecule has 10 nitrogen and oxygen atoms in total. The van der Waals surface area contributed by atoms with Crippen molar-refractivity contribution in [3.05, 3.63) is 101 Å². The fraction of sp³-hybridized carbons (Fsp3) is 0.353. The summed E-state index contributed by atoms with van der Waals surface area (Å²) in [6.45, 7) is 3.55. The van der Waals surface area contributed by atoms with Gasteiger partial charge in [0.2, 0.25) is 17.7 Å². The predicted molar refractivity (Wildman–Crippen MR) is 182 cm³/mol. The summed E-state index contributed by atoms with van der Waals surface area (Å²) in [7, 11) is 1.52. The minimum absolute atomic E-state index is 0.0583. The van der Waals surface area contributed by atoms with Gasteiger partial charge in [0.25, 0.3) is 0 Å². The first kappa shape index (κ1) is 34.3. The van der Waals surface area contributed by atoms with Gasteiger partial charge in [0.15, 0.2) is 16.0 Å². The molecular formula is C34H38Cl2FN7O3. The molecule has 248 valence electrons. The van der Waals surface area contributed by atoms with Crippen LogP contribution in [0.1, 0.15) is 42.1 Å². The van der Waals surface area contributed by atoms with Crippen molar-refractivity contribution in [2.24, 2.45) is 0 Å². The number of nitrogens with one attached hydrogen (secondary N) is 5. The van der Waals surface area contributed by atoms with E-state index in [0.717, 1.165) is 17.5 Å². The van der Waals surface area contributed by atoms with Gasteiger partial charge in [-0.1, -0.05) is 71.8 Å². The SMILES string of the molecule is COc1nc(C2(Nc3nccc(CNCCNC(C)=O)c3F)C=CC=C(c3ccccc3)C2(Cl)Cl)ccc1CNCC1CCC(=O)N1. The van der Waals surface area contributed by atoms with E-state index < -0.39 is 15.7 Å². The molecule has 0 radical (unpaired) electrons. The van der Waals surface area contributed by atoms with Gasteiger partial charge in [0, 0.05) is 69.4 Å². The normalized spacial score (nSPS) is 20.0. The first-order chi connectivity index (χ1) is 22.6. The van der Waals surface area contributed by atoms with E-state index >= 15 is 4.39 Å². The van der Waals surface area contributed by atoms with E-state index in [2.05, 4.69) is 31.6 Å². The summed E-state index contributed by atoms with van der Waals surface area (Å²) in [5.41, 5.74) is 1.38. The molecular weight excluding hydrogens is 644 g/mol. The lowest BCUT2D eigenvalue weighted by Crippen LogP contribution is -2.51. The number of hydrogen-bond donors (Lipinski definition) is 5. The number of amides is 2. The number of nitrogens with zero attached hydrogens (tertiary/aromatic N) is 2.